The number of phenolic OH excluding ortho intramolecular Hbond substituents is 1. The zero-order valence-corrected chi connectivity index (χ0v) is 19.7. The van der Waals surface area contributed by atoms with Crippen LogP contribution in [-0.4, -0.2) is 25.8 Å². The highest BCUT2D eigenvalue weighted by Gasteiger charge is 2.61. The maximum Gasteiger partial charge on any atom is 0.130 e. The third-order valence-corrected chi connectivity index (χ3v) is 8.79. The molecule has 4 nitrogen and oxygen atoms in total. The summed E-state index contributed by atoms with van der Waals surface area (Å²) in [6.45, 7) is 2.22. The largest absolute Gasteiger partial charge is 0.508 e. The molecule has 0 unspecified atom stereocenters. The van der Waals surface area contributed by atoms with Crippen LogP contribution in [-0.2, 0) is 6.42 Å². The number of aryl methyl sites for hydroxylation is 1. The van der Waals surface area contributed by atoms with E-state index in [4.69, 9.17) is 6.42 Å². The van der Waals surface area contributed by atoms with E-state index >= 15 is 0 Å². The molecule has 5 atom stereocenters. The molecule has 2 saturated carbocycles. The molecule has 3 aliphatic carbocycles. The van der Waals surface area contributed by atoms with Crippen LogP contribution in [0.5, 0.6) is 5.75 Å². The SMILES string of the molecule is C#C[C@]1(O)CC[C@H]2[C@@H]3CCc4cc(O)ccc4[C@H]3CC[C@@]21C.c1cc(-c2ccncc2)ccn1. The molecule has 1 aromatic carbocycles. The van der Waals surface area contributed by atoms with Crippen molar-refractivity contribution in [3.63, 3.8) is 0 Å². The first-order valence-corrected chi connectivity index (χ1v) is 12.3. The molecule has 6 rings (SSSR count). The second-order valence-electron chi connectivity index (χ2n) is 10.3. The number of hydrogen-bond acceptors (Lipinski definition) is 4. The summed E-state index contributed by atoms with van der Waals surface area (Å²) >= 11 is 0. The van der Waals surface area contributed by atoms with Crippen LogP contribution in [0, 0.1) is 29.6 Å². The van der Waals surface area contributed by atoms with Crippen LogP contribution in [0.4, 0.5) is 0 Å². The summed E-state index contributed by atoms with van der Waals surface area (Å²) in [5, 5.41) is 20.6. The number of aromatic hydroxyl groups is 1. The molecule has 2 heterocycles. The summed E-state index contributed by atoms with van der Waals surface area (Å²) in [4.78, 5) is 7.91. The second kappa shape index (κ2) is 8.89. The van der Waals surface area contributed by atoms with E-state index in [2.05, 4.69) is 28.9 Å². The van der Waals surface area contributed by atoms with Crippen LogP contribution in [0.1, 0.15) is 56.1 Å². The van der Waals surface area contributed by atoms with Crippen molar-refractivity contribution in [2.75, 3.05) is 0 Å². The van der Waals surface area contributed by atoms with Crippen LogP contribution in [0.25, 0.3) is 11.1 Å². The van der Waals surface area contributed by atoms with Crippen LogP contribution in [0.2, 0.25) is 0 Å². The molecular formula is C30H32N2O2. The first-order valence-electron chi connectivity index (χ1n) is 12.3. The number of terminal acetylenes is 1. The minimum atomic E-state index is -0.919. The number of nitrogens with zero attached hydrogens (tertiary/aromatic N) is 2. The fraction of sp³-hybridized carbons (Fsp3) is 0.400. The topological polar surface area (TPSA) is 66.2 Å². The van der Waals surface area contributed by atoms with E-state index in [0.717, 1.165) is 38.5 Å². The lowest BCUT2D eigenvalue weighted by atomic mass is 9.53. The quantitative estimate of drug-likeness (QED) is 0.461. The second-order valence-corrected chi connectivity index (χ2v) is 10.3. The first kappa shape index (κ1) is 22.6. The fourth-order valence-corrected chi connectivity index (χ4v) is 6.91. The molecule has 0 aliphatic heterocycles. The Labute approximate surface area is 202 Å². The highest BCUT2D eigenvalue weighted by atomic mass is 16.3. The number of hydrogen-bond donors (Lipinski definition) is 2. The average Bonchev–Trinajstić information content (AvgIpc) is 3.16. The van der Waals surface area contributed by atoms with Crippen molar-refractivity contribution >= 4 is 0 Å². The molecular weight excluding hydrogens is 420 g/mol. The van der Waals surface area contributed by atoms with Crippen molar-refractivity contribution in [1.82, 2.24) is 9.97 Å². The summed E-state index contributed by atoms with van der Waals surface area (Å²) in [6, 6.07) is 13.8. The predicted molar refractivity (Wildman–Crippen MR) is 134 cm³/mol. The van der Waals surface area contributed by atoms with Gasteiger partial charge in [-0.25, -0.2) is 0 Å². The third kappa shape index (κ3) is 3.79. The van der Waals surface area contributed by atoms with Crippen LogP contribution >= 0.6 is 0 Å². The molecule has 3 aliphatic rings. The van der Waals surface area contributed by atoms with Gasteiger partial charge < -0.3 is 10.2 Å². The zero-order valence-electron chi connectivity index (χ0n) is 19.7. The summed E-state index contributed by atoms with van der Waals surface area (Å²) in [5.41, 5.74) is 4.04. The average molecular weight is 453 g/mol. The number of benzene rings is 1. The lowest BCUT2D eigenvalue weighted by molar-refractivity contribution is -0.0646. The number of pyridine rings is 2. The minimum Gasteiger partial charge on any atom is -0.508 e. The monoisotopic (exact) mass is 452 g/mol. The zero-order chi connectivity index (χ0) is 23.8. The minimum absolute atomic E-state index is 0.128. The molecule has 0 spiro atoms. The van der Waals surface area contributed by atoms with Crippen LogP contribution in [0.3, 0.4) is 0 Å². The van der Waals surface area contributed by atoms with Crippen molar-refractivity contribution in [3.8, 4) is 29.2 Å². The highest BCUT2D eigenvalue weighted by molar-refractivity contribution is 5.61. The fourth-order valence-electron chi connectivity index (χ4n) is 6.91. The van der Waals surface area contributed by atoms with Crippen LogP contribution in [0.15, 0.2) is 67.3 Å². The number of phenols is 1. The number of fused-ring (bicyclic) bond motifs is 5. The summed E-state index contributed by atoms with van der Waals surface area (Å²) in [6.07, 6.45) is 18.9. The number of aromatic nitrogens is 2. The maximum absolute atomic E-state index is 10.9. The van der Waals surface area contributed by atoms with Gasteiger partial charge in [0.1, 0.15) is 11.4 Å². The molecule has 34 heavy (non-hydrogen) atoms. The van der Waals surface area contributed by atoms with Gasteiger partial charge in [-0.15, -0.1) is 6.42 Å². The van der Waals surface area contributed by atoms with Gasteiger partial charge >= 0.3 is 0 Å². The molecule has 3 aromatic rings. The van der Waals surface area contributed by atoms with Crippen molar-refractivity contribution in [2.24, 2.45) is 17.3 Å². The molecule has 2 aromatic heterocycles. The van der Waals surface area contributed by atoms with Gasteiger partial charge in [0, 0.05) is 30.2 Å². The van der Waals surface area contributed by atoms with Crippen molar-refractivity contribution < 1.29 is 10.2 Å². The predicted octanol–water partition coefficient (Wildman–Crippen LogP) is 5.76. The van der Waals surface area contributed by atoms with E-state index in [1.165, 1.54) is 22.3 Å². The van der Waals surface area contributed by atoms with Gasteiger partial charge in [0.25, 0.3) is 0 Å². The maximum atomic E-state index is 10.9. The van der Waals surface area contributed by atoms with Gasteiger partial charge in [-0.1, -0.05) is 18.9 Å². The Morgan fingerprint density at radius 1 is 0.912 bits per heavy atom. The molecule has 4 heteroatoms. The summed E-state index contributed by atoms with van der Waals surface area (Å²) < 4.78 is 0. The van der Waals surface area contributed by atoms with Crippen molar-refractivity contribution in [3.05, 3.63) is 78.4 Å². The summed E-state index contributed by atoms with van der Waals surface area (Å²) in [7, 11) is 0. The Morgan fingerprint density at radius 3 is 2.18 bits per heavy atom. The standard InChI is InChI=1S/C20H24O2.C10H8N2/c1-3-20(22)11-9-18-17-6-4-13-12-14(21)5-7-15(13)16(17)8-10-19(18,20)2;1-5-11-6-2-9(1)10-3-7-12-8-4-10/h1,5,7,12,16-18,21-22H,4,6,8-11H2,2H3;1-8H/t16-,17-,18+,19+,20+;/m1./s1. The first-order chi connectivity index (χ1) is 16.4. The Hall–Kier alpha value is -3.16. The van der Waals surface area contributed by atoms with Crippen molar-refractivity contribution in [2.45, 2.75) is 57.0 Å². The van der Waals surface area contributed by atoms with Crippen molar-refractivity contribution in [1.29, 1.82) is 0 Å². The molecule has 174 valence electrons. The molecule has 0 saturated heterocycles. The molecule has 0 radical (unpaired) electrons. The van der Waals surface area contributed by atoms with Gasteiger partial charge in [-0.3, -0.25) is 9.97 Å². The Morgan fingerprint density at radius 2 is 1.56 bits per heavy atom. The van der Waals surface area contributed by atoms with E-state index in [-0.39, 0.29) is 5.41 Å². The lowest BCUT2D eigenvalue weighted by Gasteiger charge is -2.52. The number of aliphatic hydroxyl groups is 1. The van der Waals surface area contributed by atoms with Gasteiger partial charge in [-0.2, -0.15) is 0 Å². The van der Waals surface area contributed by atoms with E-state index in [9.17, 15) is 10.2 Å². The smallest absolute Gasteiger partial charge is 0.130 e. The Balaban J connectivity index is 0.000000169. The normalized spacial score (nSPS) is 31.1. The number of rotatable bonds is 1. The molecule has 2 fully saturated rings. The molecule has 2 N–H and O–H groups in total. The summed E-state index contributed by atoms with van der Waals surface area (Å²) in [5.74, 6) is 4.82. The van der Waals surface area contributed by atoms with E-state index in [1.807, 2.05) is 36.4 Å². The Bertz CT molecular complexity index is 1150. The highest BCUT2D eigenvalue weighted by Crippen LogP contribution is 2.64. The van der Waals surface area contributed by atoms with E-state index in [1.54, 1.807) is 24.8 Å². The van der Waals surface area contributed by atoms with Gasteiger partial charge in [0.05, 0.1) is 0 Å². The van der Waals surface area contributed by atoms with Gasteiger partial charge in [0.15, 0.2) is 0 Å². The lowest BCUT2D eigenvalue weighted by Crippen LogP contribution is -2.50. The van der Waals surface area contributed by atoms with E-state index in [0.29, 0.717) is 23.5 Å². The molecule has 0 amide bonds. The van der Waals surface area contributed by atoms with Gasteiger partial charge in [-0.05, 0) is 115 Å². The third-order valence-electron chi connectivity index (χ3n) is 8.79. The van der Waals surface area contributed by atoms with E-state index < -0.39 is 5.60 Å². The Kier molecular flexibility index (Phi) is 5.91. The van der Waals surface area contributed by atoms with Crippen LogP contribution < -0.4 is 0 Å². The van der Waals surface area contributed by atoms with Gasteiger partial charge in [0.2, 0.25) is 0 Å². The molecule has 0 bridgehead atoms.